The summed E-state index contributed by atoms with van der Waals surface area (Å²) in [6.07, 6.45) is 0.948. The largest absolute Gasteiger partial charge is 0.496 e. The van der Waals surface area contributed by atoms with E-state index in [1.165, 1.54) is 22.3 Å². The first-order valence-electron chi connectivity index (χ1n) is 6.08. The summed E-state index contributed by atoms with van der Waals surface area (Å²) >= 11 is 0. The van der Waals surface area contributed by atoms with E-state index in [2.05, 4.69) is 32.2 Å². The highest BCUT2D eigenvalue weighted by molar-refractivity contribution is 5.49. The van der Waals surface area contributed by atoms with E-state index in [-0.39, 0.29) is 0 Å². The molecule has 0 heterocycles. The van der Waals surface area contributed by atoms with Crippen molar-refractivity contribution >= 4 is 0 Å². The number of hydrogen-bond donors (Lipinski definition) is 2. The van der Waals surface area contributed by atoms with Crippen molar-refractivity contribution in [2.45, 2.75) is 33.2 Å². The number of nitrogens with one attached hydrogen (secondary N) is 1. The second kappa shape index (κ2) is 6.03. The van der Waals surface area contributed by atoms with Gasteiger partial charge in [-0.1, -0.05) is 0 Å². The lowest BCUT2D eigenvalue weighted by Gasteiger charge is -2.23. The molecule has 0 saturated heterocycles. The summed E-state index contributed by atoms with van der Waals surface area (Å²) < 4.78 is 5.39. The number of ether oxygens (including phenoxy) is 1. The molecule has 3 N–H and O–H groups in total. The standard InChI is InChI=1S/C14H24N2O/c1-9-8-13(17-5)10(2)11(3)14(9)12(16-4)6-7-15/h8,12,16H,6-7,15H2,1-5H3. The molecule has 0 amide bonds. The van der Waals surface area contributed by atoms with Crippen molar-refractivity contribution in [2.75, 3.05) is 20.7 Å². The molecular weight excluding hydrogens is 212 g/mol. The summed E-state index contributed by atoms with van der Waals surface area (Å²) in [6.45, 7) is 7.08. The molecule has 3 heteroatoms. The van der Waals surface area contributed by atoms with Gasteiger partial charge in [0.1, 0.15) is 5.75 Å². The maximum atomic E-state index is 5.67. The second-order valence-corrected chi connectivity index (χ2v) is 4.48. The molecule has 0 fully saturated rings. The highest BCUT2D eigenvalue weighted by Gasteiger charge is 2.17. The van der Waals surface area contributed by atoms with Crippen LogP contribution in [0.2, 0.25) is 0 Å². The molecule has 0 aliphatic carbocycles. The molecule has 0 bridgehead atoms. The van der Waals surface area contributed by atoms with Crippen molar-refractivity contribution in [3.05, 3.63) is 28.3 Å². The van der Waals surface area contributed by atoms with Gasteiger partial charge < -0.3 is 15.8 Å². The number of rotatable bonds is 5. The Morgan fingerprint density at radius 1 is 1.29 bits per heavy atom. The molecule has 0 aliphatic heterocycles. The average molecular weight is 236 g/mol. The summed E-state index contributed by atoms with van der Waals surface area (Å²) in [6, 6.07) is 2.43. The summed E-state index contributed by atoms with van der Waals surface area (Å²) in [5.74, 6) is 0.964. The molecule has 1 unspecified atom stereocenters. The first-order valence-corrected chi connectivity index (χ1v) is 6.08. The Kier molecular flexibility index (Phi) is 4.97. The van der Waals surface area contributed by atoms with E-state index < -0.39 is 0 Å². The fourth-order valence-corrected chi connectivity index (χ4v) is 2.41. The minimum Gasteiger partial charge on any atom is -0.496 e. The summed E-state index contributed by atoms with van der Waals surface area (Å²) in [4.78, 5) is 0. The number of benzene rings is 1. The van der Waals surface area contributed by atoms with E-state index >= 15 is 0 Å². The van der Waals surface area contributed by atoms with Crippen LogP contribution in [-0.2, 0) is 0 Å². The third kappa shape index (κ3) is 2.79. The van der Waals surface area contributed by atoms with Gasteiger partial charge in [0, 0.05) is 6.04 Å². The van der Waals surface area contributed by atoms with Crippen molar-refractivity contribution in [2.24, 2.45) is 5.73 Å². The topological polar surface area (TPSA) is 47.3 Å². The molecule has 17 heavy (non-hydrogen) atoms. The number of nitrogens with two attached hydrogens (primary N) is 1. The van der Waals surface area contributed by atoms with Crippen molar-refractivity contribution in [1.82, 2.24) is 5.32 Å². The predicted octanol–water partition coefficient (Wildman–Crippen LogP) is 2.23. The Hall–Kier alpha value is -1.06. The molecule has 0 aliphatic rings. The summed E-state index contributed by atoms with van der Waals surface area (Å²) in [7, 11) is 3.70. The Bertz CT molecular complexity index is 388. The Morgan fingerprint density at radius 2 is 1.94 bits per heavy atom. The van der Waals surface area contributed by atoms with E-state index in [1.54, 1.807) is 7.11 Å². The van der Waals surface area contributed by atoms with Crippen LogP contribution in [0.3, 0.4) is 0 Å². The van der Waals surface area contributed by atoms with E-state index in [0.29, 0.717) is 12.6 Å². The number of hydrogen-bond acceptors (Lipinski definition) is 3. The van der Waals surface area contributed by atoms with Gasteiger partial charge in [0.25, 0.3) is 0 Å². The van der Waals surface area contributed by atoms with Gasteiger partial charge in [-0.15, -0.1) is 0 Å². The van der Waals surface area contributed by atoms with E-state index in [0.717, 1.165) is 12.2 Å². The van der Waals surface area contributed by atoms with Gasteiger partial charge in [0.2, 0.25) is 0 Å². The maximum absolute atomic E-state index is 5.67. The van der Waals surface area contributed by atoms with Gasteiger partial charge in [0.15, 0.2) is 0 Å². The lowest BCUT2D eigenvalue weighted by Crippen LogP contribution is -2.22. The van der Waals surface area contributed by atoms with Gasteiger partial charge in [-0.25, -0.2) is 0 Å². The summed E-state index contributed by atoms with van der Waals surface area (Å²) in [5, 5.41) is 3.34. The van der Waals surface area contributed by atoms with Gasteiger partial charge in [-0.2, -0.15) is 0 Å². The quantitative estimate of drug-likeness (QED) is 0.824. The second-order valence-electron chi connectivity index (χ2n) is 4.48. The molecule has 0 spiro atoms. The van der Waals surface area contributed by atoms with Gasteiger partial charge in [0.05, 0.1) is 7.11 Å². The maximum Gasteiger partial charge on any atom is 0.122 e. The molecule has 1 rings (SSSR count). The van der Waals surface area contributed by atoms with Crippen molar-refractivity contribution in [1.29, 1.82) is 0 Å². The van der Waals surface area contributed by atoms with Crippen LogP contribution < -0.4 is 15.8 Å². The monoisotopic (exact) mass is 236 g/mol. The Morgan fingerprint density at radius 3 is 2.41 bits per heavy atom. The molecule has 3 nitrogen and oxygen atoms in total. The van der Waals surface area contributed by atoms with Crippen LogP contribution in [0.1, 0.15) is 34.7 Å². The Balaban J connectivity index is 3.28. The third-order valence-corrected chi connectivity index (χ3v) is 3.48. The molecule has 96 valence electrons. The molecule has 0 saturated carbocycles. The van der Waals surface area contributed by atoms with Gasteiger partial charge >= 0.3 is 0 Å². The van der Waals surface area contributed by atoms with Crippen LogP contribution in [0.25, 0.3) is 0 Å². The lowest BCUT2D eigenvalue weighted by atomic mass is 9.90. The van der Waals surface area contributed by atoms with Crippen molar-refractivity contribution in [3.8, 4) is 5.75 Å². The molecule has 1 aromatic rings. The van der Waals surface area contributed by atoms with Crippen LogP contribution in [0.5, 0.6) is 5.75 Å². The third-order valence-electron chi connectivity index (χ3n) is 3.48. The minimum atomic E-state index is 0.324. The first kappa shape index (κ1) is 14.0. The SMILES string of the molecule is CNC(CCN)c1c(C)cc(OC)c(C)c1C. The Labute approximate surface area is 104 Å². The van der Waals surface area contributed by atoms with Crippen LogP contribution in [0.4, 0.5) is 0 Å². The van der Waals surface area contributed by atoms with E-state index in [1.807, 2.05) is 7.05 Å². The molecule has 1 atom stereocenters. The molecule has 0 radical (unpaired) electrons. The highest BCUT2D eigenvalue weighted by atomic mass is 16.5. The smallest absolute Gasteiger partial charge is 0.122 e. The number of aryl methyl sites for hydroxylation is 1. The fraction of sp³-hybridized carbons (Fsp3) is 0.571. The normalized spacial score (nSPS) is 12.6. The molecule has 1 aromatic carbocycles. The van der Waals surface area contributed by atoms with Gasteiger partial charge in [-0.3, -0.25) is 0 Å². The van der Waals surface area contributed by atoms with E-state index in [4.69, 9.17) is 10.5 Å². The highest BCUT2D eigenvalue weighted by Crippen LogP contribution is 2.32. The zero-order valence-electron chi connectivity index (χ0n) is 11.6. The molecular formula is C14H24N2O. The fourth-order valence-electron chi connectivity index (χ4n) is 2.41. The molecule has 0 aromatic heterocycles. The van der Waals surface area contributed by atoms with E-state index in [9.17, 15) is 0 Å². The van der Waals surface area contributed by atoms with Gasteiger partial charge in [-0.05, 0) is 69.1 Å². The minimum absolute atomic E-state index is 0.324. The number of methoxy groups -OCH3 is 1. The van der Waals surface area contributed by atoms with Crippen molar-refractivity contribution < 1.29 is 4.74 Å². The van der Waals surface area contributed by atoms with Crippen LogP contribution in [0.15, 0.2) is 6.07 Å². The van der Waals surface area contributed by atoms with Crippen LogP contribution >= 0.6 is 0 Å². The summed E-state index contributed by atoms with van der Waals surface area (Å²) in [5.41, 5.74) is 10.8. The average Bonchev–Trinajstić information content (AvgIpc) is 2.32. The zero-order valence-corrected chi connectivity index (χ0v) is 11.6. The first-order chi connectivity index (χ1) is 8.06. The zero-order chi connectivity index (χ0) is 13.0. The van der Waals surface area contributed by atoms with Crippen LogP contribution in [0, 0.1) is 20.8 Å². The van der Waals surface area contributed by atoms with Crippen LogP contribution in [-0.4, -0.2) is 20.7 Å². The lowest BCUT2D eigenvalue weighted by molar-refractivity contribution is 0.410. The van der Waals surface area contributed by atoms with Crippen molar-refractivity contribution in [3.63, 3.8) is 0 Å². The predicted molar refractivity (Wildman–Crippen MR) is 72.7 cm³/mol.